The molecule has 0 atom stereocenters. The molecule has 2 saturated heterocycles. The van der Waals surface area contributed by atoms with Crippen LogP contribution in [0, 0.1) is 0 Å². The lowest BCUT2D eigenvalue weighted by Crippen LogP contribution is -2.46. The van der Waals surface area contributed by atoms with Gasteiger partial charge in [-0.15, -0.1) is 0 Å². The SMILES string of the molecule is CCN1CCN(c2nc(C=Cc3ccc(N4CCOCC4)nc3)cc3ccccc23)CC1. The molecule has 0 bridgehead atoms. The summed E-state index contributed by atoms with van der Waals surface area (Å²) < 4.78 is 5.43. The van der Waals surface area contributed by atoms with Crippen LogP contribution in [0.5, 0.6) is 0 Å². The Bertz CT molecular complexity index is 1070. The van der Waals surface area contributed by atoms with Crippen LogP contribution in [-0.4, -0.2) is 73.9 Å². The predicted octanol–water partition coefficient (Wildman–Crippen LogP) is 3.78. The highest BCUT2D eigenvalue weighted by molar-refractivity contribution is 5.94. The Morgan fingerprint density at radius 3 is 2.47 bits per heavy atom. The fourth-order valence-corrected chi connectivity index (χ4v) is 4.46. The second-order valence-corrected chi connectivity index (χ2v) is 8.40. The number of rotatable bonds is 5. The van der Waals surface area contributed by atoms with Crippen LogP contribution in [-0.2, 0) is 4.74 Å². The number of ether oxygens (including phenoxy) is 1. The normalized spacial score (nSPS) is 18.0. The summed E-state index contributed by atoms with van der Waals surface area (Å²) in [7, 11) is 0. The highest BCUT2D eigenvalue weighted by Crippen LogP contribution is 2.27. The molecule has 3 aromatic rings. The zero-order valence-corrected chi connectivity index (χ0v) is 18.8. The van der Waals surface area contributed by atoms with Crippen LogP contribution in [0.1, 0.15) is 18.2 Å². The van der Waals surface area contributed by atoms with Gasteiger partial charge in [-0.25, -0.2) is 9.97 Å². The Morgan fingerprint density at radius 1 is 0.906 bits per heavy atom. The van der Waals surface area contributed by atoms with Crippen molar-refractivity contribution in [3.63, 3.8) is 0 Å². The summed E-state index contributed by atoms with van der Waals surface area (Å²) in [6.45, 7) is 10.9. The zero-order valence-electron chi connectivity index (χ0n) is 18.8. The van der Waals surface area contributed by atoms with Gasteiger partial charge in [0.1, 0.15) is 11.6 Å². The molecule has 0 radical (unpaired) electrons. The van der Waals surface area contributed by atoms with E-state index in [0.29, 0.717) is 0 Å². The number of fused-ring (bicyclic) bond motifs is 1. The Kier molecular flexibility index (Phi) is 6.32. The van der Waals surface area contributed by atoms with Crippen LogP contribution in [0.25, 0.3) is 22.9 Å². The van der Waals surface area contributed by atoms with E-state index in [1.165, 1.54) is 10.8 Å². The van der Waals surface area contributed by atoms with Gasteiger partial charge in [0.25, 0.3) is 0 Å². The number of likely N-dealkylation sites (N-methyl/N-ethyl adjacent to an activating group) is 1. The lowest BCUT2D eigenvalue weighted by Gasteiger charge is -2.35. The number of piperazine rings is 1. The number of benzene rings is 1. The van der Waals surface area contributed by atoms with Crippen LogP contribution in [0.3, 0.4) is 0 Å². The number of nitrogens with zero attached hydrogens (tertiary/aromatic N) is 5. The first kappa shape index (κ1) is 20.9. The summed E-state index contributed by atoms with van der Waals surface area (Å²) in [6.07, 6.45) is 6.14. The van der Waals surface area contributed by atoms with Gasteiger partial charge in [0.2, 0.25) is 0 Å². The molecule has 0 unspecified atom stereocenters. The Morgan fingerprint density at radius 2 is 1.72 bits per heavy atom. The second kappa shape index (κ2) is 9.67. The van der Waals surface area contributed by atoms with Gasteiger partial charge in [-0.1, -0.05) is 37.3 Å². The maximum atomic E-state index is 5.43. The molecule has 2 fully saturated rings. The lowest BCUT2D eigenvalue weighted by molar-refractivity contribution is 0.122. The zero-order chi connectivity index (χ0) is 21.8. The van der Waals surface area contributed by atoms with Crippen LogP contribution in [0.4, 0.5) is 11.6 Å². The van der Waals surface area contributed by atoms with Crippen molar-refractivity contribution in [1.29, 1.82) is 0 Å². The topological polar surface area (TPSA) is 44.7 Å². The summed E-state index contributed by atoms with van der Waals surface area (Å²) >= 11 is 0. The molecule has 0 saturated carbocycles. The molecule has 5 rings (SSSR count). The minimum atomic E-state index is 0.771. The van der Waals surface area contributed by atoms with Gasteiger partial charge < -0.3 is 19.4 Å². The van der Waals surface area contributed by atoms with E-state index in [2.05, 4.69) is 81.2 Å². The molecule has 1 aromatic carbocycles. The first-order valence-electron chi connectivity index (χ1n) is 11.6. The molecule has 6 heteroatoms. The molecule has 2 aromatic heterocycles. The summed E-state index contributed by atoms with van der Waals surface area (Å²) in [5, 5.41) is 2.46. The van der Waals surface area contributed by atoms with E-state index in [4.69, 9.17) is 9.72 Å². The van der Waals surface area contributed by atoms with E-state index in [0.717, 1.165) is 81.9 Å². The number of hydrogen-bond donors (Lipinski definition) is 0. The fourth-order valence-electron chi connectivity index (χ4n) is 4.46. The van der Waals surface area contributed by atoms with E-state index in [1.54, 1.807) is 0 Å². The Labute approximate surface area is 190 Å². The minimum absolute atomic E-state index is 0.771. The largest absolute Gasteiger partial charge is 0.378 e. The van der Waals surface area contributed by atoms with E-state index in [9.17, 15) is 0 Å². The van der Waals surface area contributed by atoms with Crippen molar-refractivity contribution in [1.82, 2.24) is 14.9 Å². The smallest absolute Gasteiger partial charge is 0.137 e. The van der Waals surface area contributed by atoms with Crippen molar-refractivity contribution in [2.24, 2.45) is 0 Å². The Balaban J connectivity index is 1.37. The number of aromatic nitrogens is 2. The van der Waals surface area contributed by atoms with Crippen molar-refractivity contribution < 1.29 is 4.74 Å². The van der Waals surface area contributed by atoms with Crippen LogP contribution in [0.2, 0.25) is 0 Å². The fraction of sp³-hybridized carbons (Fsp3) is 0.385. The van der Waals surface area contributed by atoms with Crippen molar-refractivity contribution >= 4 is 34.6 Å². The predicted molar refractivity (Wildman–Crippen MR) is 132 cm³/mol. The summed E-state index contributed by atoms with van der Waals surface area (Å²) in [6, 6.07) is 15.0. The number of morpholine rings is 1. The molecule has 0 amide bonds. The molecular weight excluding hydrogens is 398 g/mol. The van der Waals surface area contributed by atoms with E-state index >= 15 is 0 Å². The van der Waals surface area contributed by atoms with Crippen LogP contribution < -0.4 is 9.80 Å². The molecule has 6 nitrogen and oxygen atoms in total. The highest BCUT2D eigenvalue weighted by atomic mass is 16.5. The molecule has 4 heterocycles. The van der Waals surface area contributed by atoms with Crippen LogP contribution >= 0.6 is 0 Å². The quantitative estimate of drug-likeness (QED) is 0.615. The van der Waals surface area contributed by atoms with Crippen LogP contribution in [0.15, 0.2) is 48.7 Å². The van der Waals surface area contributed by atoms with Gasteiger partial charge in [-0.3, -0.25) is 0 Å². The third-order valence-corrected chi connectivity index (χ3v) is 6.41. The number of anilines is 2. The molecule has 0 spiro atoms. The van der Waals surface area contributed by atoms with Gasteiger partial charge in [0.15, 0.2) is 0 Å². The highest BCUT2D eigenvalue weighted by Gasteiger charge is 2.19. The summed E-state index contributed by atoms with van der Waals surface area (Å²) in [4.78, 5) is 16.9. The van der Waals surface area contributed by atoms with E-state index in [1.807, 2.05) is 6.20 Å². The van der Waals surface area contributed by atoms with Gasteiger partial charge in [0.05, 0.1) is 18.9 Å². The molecule has 0 aliphatic carbocycles. The first-order chi connectivity index (χ1) is 15.8. The average molecular weight is 430 g/mol. The van der Waals surface area contributed by atoms with E-state index < -0.39 is 0 Å². The van der Waals surface area contributed by atoms with Crippen molar-refractivity contribution in [3.05, 3.63) is 59.9 Å². The minimum Gasteiger partial charge on any atom is -0.378 e. The third kappa shape index (κ3) is 4.61. The lowest BCUT2D eigenvalue weighted by atomic mass is 10.1. The molecule has 2 aliphatic heterocycles. The van der Waals surface area contributed by atoms with Gasteiger partial charge in [0, 0.05) is 50.9 Å². The number of hydrogen-bond acceptors (Lipinski definition) is 6. The standard InChI is InChI=1S/C26H31N5O/c1-2-29-11-13-31(14-12-29)26-24-6-4-3-5-22(24)19-23(28-26)9-7-21-8-10-25(27-20-21)30-15-17-32-18-16-30/h3-10,19-20H,2,11-18H2,1H3. The van der Waals surface area contributed by atoms with Gasteiger partial charge in [-0.2, -0.15) is 0 Å². The number of pyridine rings is 2. The monoisotopic (exact) mass is 429 g/mol. The molecular formula is C26H31N5O. The van der Waals surface area contributed by atoms with Crippen molar-refractivity contribution in [3.8, 4) is 0 Å². The molecule has 0 N–H and O–H groups in total. The van der Waals surface area contributed by atoms with Gasteiger partial charge >= 0.3 is 0 Å². The maximum absolute atomic E-state index is 5.43. The average Bonchev–Trinajstić information content (AvgIpc) is 2.88. The summed E-state index contributed by atoms with van der Waals surface area (Å²) in [5.41, 5.74) is 2.06. The summed E-state index contributed by atoms with van der Waals surface area (Å²) in [5.74, 6) is 2.11. The first-order valence-corrected chi connectivity index (χ1v) is 11.6. The van der Waals surface area contributed by atoms with E-state index in [-0.39, 0.29) is 0 Å². The van der Waals surface area contributed by atoms with Crippen molar-refractivity contribution in [2.45, 2.75) is 6.92 Å². The second-order valence-electron chi connectivity index (χ2n) is 8.40. The molecule has 32 heavy (non-hydrogen) atoms. The maximum Gasteiger partial charge on any atom is 0.137 e. The van der Waals surface area contributed by atoms with Crippen molar-refractivity contribution in [2.75, 3.05) is 68.8 Å². The van der Waals surface area contributed by atoms with Gasteiger partial charge in [-0.05, 0) is 41.8 Å². The molecule has 2 aliphatic rings. The Hall–Kier alpha value is -2.96. The third-order valence-electron chi connectivity index (χ3n) is 6.41. The molecule has 166 valence electrons.